The number of rotatable bonds is 6. The molecule has 126 valence electrons. The standard InChI is InChI=1S/C17H21N5O2/c23-16-7-3-11-22(16)15-6-2-1-5-14(15)20-17(24)19-8-4-10-21-12-9-18-13-21/h1-2,5-6,9,12-13H,3-4,7-8,10-11H2,(H2,19,20,24). The molecule has 0 unspecified atom stereocenters. The number of anilines is 2. The number of aryl methyl sites for hydroxylation is 1. The van der Waals surface area contributed by atoms with Gasteiger partial charge >= 0.3 is 6.03 Å². The van der Waals surface area contributed by atoms with E-state index in [0.29, 0.717) is 25.2 Å². The van der Waals surface area contributed by atoms with Gasteiger partial charge in [-0.05, 0) is 25.0 Å². The fourth-order valence-corrected chi connectivity index (χ4v) is 2.77. The Morgan fingerprint density at radius 2 is 2.17 bits per heavy atom. The van der Waals surface area contributed by atoms with Gasteiger partial charge in [0.05, 0.1) is 17.7 Å². The number of amides is 3. The van der Waals surface area contributed by atoms with Crippen LogP contribution in [-0.4, -0.2) is 34.6 Å². The summed E-state index contributed by atoms with van der Waals surface area (Å²) in [6.07, 6.45) is 7.61. The summed E-state index contributed by atoms with van der Waals surface area (Å²) in [5, 5.41) is 5.67. The van der Waals surface area contributed by atoms with Crippen molar-refractivity contribution in [2.24, 2.45) is 0 Å². The minimum absolute atomic E-state index is 0.102. The number of urea groups is 1. The number of carbonyl (C=O) groups excluding carboxylic acids is 2. The Kier molecular flexibility index (Phi) is 5.10. The van der Waals surface area contributed by atoms with Crippen LogP contribution in [0.5, 0.6) is 0 Å². The molecule has 0 aliphatic carbocycles. The number of nitrogens with zero attached hydrogens (tertiary/aromatic N) is 3. The molecule has 0 atom stereocenters. The highest BCUT2D eigenvalue weighted by molar-refractivity contribution is 6.01. The van der Waals surface area contributed by atoms with Gasteiger partial charge in [0.1, 0.15) is 0 Å². The first-order chi connectivity index (χ1) is 11.7. The van der Waals surface area contributed by atoms with Crippen LogP contribution in [0.4, 0.5) is 16.2 Å². The maximum absolute atomic E-state index is 12.1. The van der Waals surface area contributed by atoms with Crippen LogP contribution in [0.15, 0.2) is 43.0 Å². The Hall–Kier alpha value is -2.83. The number of carbonyl (C=O) groups is 2. The minimum Gasteiger partial charge on any atom is -0.338 e. The lowest BCUT2D eigenvalue weighted by Gasteiger charge is -2.20. The molecule has 1 aromatic heterocycles. The van der Waals surface area contributed by atoms with Gasteiger partial charge in [-0.2, -0.15) is 0 Å². The summed E-state index contributed by atoms with van der Waals surface area (Å²) in [5.74, 6) is 0.102. The number of para-hydroxylation sites is 2. The van der Waals surface area contributed by atoms with E-state index in [4.69, 9.17) is 0 Å². The summed E-state index contributed by atoms with van der Waals surface area (Å²) in [7, 11) is 0. The average Bonchev–Trinajstić information content (AvgIpc) is 3.24. The van der Waals surface area contributed by atoms with Gasteiger partial charge in [-0.3, -0.25) is 4.79 Å². The van der Waals surface area contributed by atoms with Crippen LogP contribution >= 0.6 is 0 Å². The molecule has 1 saturated heterocycles. The third-order valence-corrected chi connectivity index (χ3v) is 3.95. The van der Waals surface area contributed by atoms with E-state index in [1.54, 1.807) is 17.4 Å². The Morgan fingerprint density at radius 3 is 2.92 bits per heavy atom. The maximum Gasteiger partial charge on any atom is 0.319 e. The zero-order valence-electron chi connectivity index (χ0n) is 13.4. The Bertz CT molecular complexity index is 699. The monoisotopic (exact) mass is 327 g/mol. The van der Waals surface area contributed by atoms with Crippen molar-refractivity contribution in [1.29, 1.82) is 0 Å². The number of hydrogen-bond donors (Lipinski definition) is 2. The van der Waals surface area contributed by atoms with Gasteiger partial charge in [-0.25, -0.2) is 9.78 Å². The first kappa shape index (κ1) is 16.0. The predicted molar refractivity (Wildman–Crippen MR) is 91.9 cm³/mol. The third-order valence-electron chi connectivity index (χ3n) is 3.95. The van der Waals surface area contributed by atoms with Gasteiger partial charge in [0, 0.05) is 38.4 Å². The quantitative estimate of drug-likeness (QED) is 0.799. The number of hydrogen-bond acceptors (Lipinski definition) is 3. The predicted octanol–water partition coefficient (Wildman–Crippen LogP) is 2.22. The van der Waals surface area contributed by atoms with E-state index in [1.807, 2.05) is 35.0 Å². The van der Waals surface area contributed by atoms with Gasteiger partial charge in [0.2, 0.25) is 5.91 Å². The summed E-state index contributed by atoms with van der Waals surface area (Å²) in [6.45, 7) is 2.07. The third kappa shape index (κ3) is 3.92. The normalized spacial score (nSPS) is 14.0. The van der Waals surface area contributed by atoms with E-state index < -0.39 is 0 Å². The molecule has 3 rings (SSSR count). The smallest absolute Gasteiger partial charge is 0.319 e. The second-order valence-corrected chi connectivity index (χ2v) is 5.70. The van der Waals surface area contributed by atoms with E-state index in [9.17, 15) is 9.59 Å². The van der Waals surface area contributed by atoms with E-state index in [2.05, 4.69) is 15.6 Å². The van der Waals surface area contributed by atoms with Crippen LogP contribution in [0.1, 0.15) is 19.3 Å². The lowest BCUT2D eigenvalue weighted by molar-refractivity contribution is -0.117. The van der Waals surface area contributed by atoms with Crippen molar-refractivity contribution in [1.82, 2.24) is 14.9 Å². The molecule has 24 heavy (non-hydrogen) atoms. The Morgan fingerprint density at radius 1 is 1.29 bits per heavy atom. The number of nitrogens with one attached hydrogen (secondary N) is 2. The van der Waals surface area contributed by atoms with Crippen molar-refractivity contribution < 1.29 is 9.59 Å². The molecule has 2 N–H and O–H groups in total. The summed E-state index contributed by atoms with van der Waals surface area (Å²) in [6, 6.07) is 7.12. The van der Waals surface area contributed by atoms with Crippen LogP contribution in [0.3, 0.4) is 0 Å². The van der Waals surface area contributed by atoms with Crippen molar-refractivity contribution in [3.8, 4) is 0 Å². The van der Waals surface area contributed by atoms with Crippen LogP contribution in [-0.2, 0) is 11.3 Å². The van der Waals surface area contributed by atoms with E-state index in [1.165, 1.54) is 0 Å². The molecule has 0 saturated carbocycles. The summed E-state index contributed by atoms with van der Waals surface area (Å²) in [5.41, 5.74) is 1.41. The van der Waals surface area contributed by atoms with E-state index >= 15 is 0 Å². The maximum atomic E-state index is 12.1. The lowest BCUT2D eigenvalue weighted by Crippen LogP contribution is -2.31. The molecule has 7 heteroatoms. The van der Waals surface area contributed by atoms with Crippen LogP contribution in [0.25, 0.3) is 0 Å². The molecule has 2 aromatic rings. The highest BCUT2D eigenvalue weighted by Crippen LogP contribution is 2.29. The van der Waals surface area contributed by atoms with Crippen LogP contribution in [0.2, 0.25) is 0 Å². The lowest BCUT2D eigenvalue weighted by atomic mass is 10.2. The van der Waals surface area contributed by atoms with Crippen molar-refractivity contribution in [2.45, 2.75) is 25.8 Å². The van der Waals surface area contributed by atoms with Gasteiger partial charge in [0.25, 0.3) is 0 Å². The summed E-state index contributed by atoms with van der Waals surface area (Å²) >= 11 is 0. The topological polar surface area (TPSA) is 79.3 Å². The molecule has 0 spiro atoms. The Labute approximate surface area is 140 Å². The second-order valence-electron chi connectivity index (χ2n) is 5.70. The SMILES string of the molecule is O=C(NCCCn1ccnc1)Nc1ccccc1N1CCCC1=O. The first-order valence-corrected chi connectivity index (χ1v) is 8.14. The van der Waals surface area contributed by atoms with E-state index in [0.717, 1.165) is 25.1 Å². The minimum atomic E-state index is -0.264. The number of imidazole rings is 1. The molecule has 0 radical (unpaired) electrons. The summed E-state index contributed by atoms with van der Waals surface area (Å²) in [4.78, 5) is 29.7. The number of aromatic nitrogens is 2. The summed E-state index contributed by atoms with van der Waals surface area (Å²) < 4.78 is 1.97. The molecular formula is C17H21N5O2. The zero-order chi connectivity index (χ0) is 16.8. The van der Waals surface area contributed by atoms with Crippen molar-refractivity contribution in [2.75, 3.05) is 23.3 Å². The van der Waals surface area contributed by atoms with Crippen molar-refractivity contribution in [3.05, 3.63) is 43.0 Å². The molecule has 1 aromatic carbocycles. The molecule has 7 nitrogen and oxygen atoms in total. The molecule has 1 aliphatic rings. The molecule has 0 bridgehead atoms. The molecular weight excluding hydrogens is 306 g/mol. The van der Waals surface area contributed by atoms with Gasteiger partial charge < -0.3 is 20.1 Å². The fourth-order valence-electron chi connectivity index (χ4n) is 2.77. The zero-order valence-corrected chi connectivity index (χ0v) is 13.4. The van der Waals surface area contributed by atoms with Gasteiger partial charge in [0.15, 0.2) is 0 Å². The first-order valence-electron chi connectivity index (χ1n) is 8.14. The van der Waals surface area contributed by atoms with E-state index in [-0.39, 0.29) is 11.9 Å². The fraction of sp³-hybridized carbons (Fsp3) is 0.353. The van der Waals surface area contributed by atoms with Gasteiger partial charge in [-0.1, -0.05) is 12.1 Å². The largest absolute Gasteiger partial charge is 0.338 e. The van der Waals surface area contributed by atoms with Gasteiger partial charge in [-0.15, -0.1) is 0 Å². The van der Waals surface area contributed by atoms with Crippen molar-refractivity contribution >= 4 is 23.3 Å². The molecule has 1 fully saturated rings. The second kappa shape index (κ2) is 7.63. The Balaban J connectivity index is 1.52. The number of benzene rings is 1. The van der Waals surface area contributed by atoms with Crippen molar-refractivity contribution in [3.63, 3.8) is 0 Å². The van der Waals surface area contributed by atoms with Crippen LogP contribution in [0, 0.1) is 0 Å². The molecule has 1 aliphatic heterocycles. The highest BCUT2D eigenvalue weighted by Gasteiger charge is 2.24. The average molecular weight is 327 g/mol. The van der Waals surface area contributed by atoms with Crippen LogP contribution < -0.4 is 15.5 Å². The molecule has 3 amide bonds. The molecule has 2 heterocycles. The highest BCUT2D eigenvalue weighted by atomic mass is 16.2.